The van der Waals surface area contributed by atoms with E-state index in [0.717, 1.165) is 35.6 Å². The fourth-order valence-electron chi connectivity index (χ4n) is 3.61. The molecule has 0 saturated carbocycles. The molecule has 0 unspecified atom stereocenters. The van der Waals surface area contributed by atoms with Gasteiger partial charge in [0, 0.05) is 41.8 Å². The molecule has 1 aliphatic rings. The summed E-state index contributed by atoms with van der Waals surface area (Å²) in [7, 11) is 0. The number of ether oxygens (including phenoxy) is 2. The van der Waals surface area contributed by atoms with Crippen molar-refractivity contribution in [3.63, 3.8) is 0 Å². The highest BCUT2D eigenvalue weighted by Crippen LogP contribution is 2.21. The van der Waals surface area contributed by atoms with Crippen LogP contribution in [0.1, 0.15) is 39.0 Å². The van der Waals surface area contributed by atoms with Gasteiger partial charge < -0.3 is 14.5 Å². The third-order valence-corrected chi connectivity index (χ3v) is 4.74. The molecule has 2 heterocycles. The zero-order chi connectivity index (χ0) is 18.8. The normalized spacial score (nSPS) is 21.5. The number of rotatable bonds is 5. The maximum atomic E-state index is 13.1. The highest BCUT2D eigenvalue weighted by molar-refractivity contribution is 5.81. The second-order valence-electron chi connectivity index (χ2n) is 7.92. The number of fused-ring (bicyclic) bond motifs is 1. The topological polar surface area (TPSA) is 54.6 Å². The van der Waals surface area contributed by atoms with Gasteiger partial charge in [-0.3, -0.25) is 9.69 Å². The van der Waals surface area contributed by atoms with E-state index in [1.54, 1.807) is 0 Å². The van der Waals surface area contributed by atoms with Crippen LogP contribution in [0.3, 0.4) is 0 Å². The lowest BCUT2D eigenvalue weighted by Gasteiger charge is -2.35. The molecule has 5 heteroatoms. The lowest BCUT2D eigenvalue weighted by atomic mass is 10.1. The van der Waals surface area contributed by atoms with Crippen molar-refractivity contribution in [2.24, 2.45) is 5.92 Å². The molecule has 1 saturated heterocycles. The molecule has 1 aromatic heterocycles. The Morgan fingerprint density at radius 3 is 2.62 bits per heavy atom. The van der Waals surface area contributed by atoms with Gasteiger partial charge in [-0.25, -0.2) is 0 Å². The van der Waals surface area contributed by atoms with Crippen molar-refractivity contribution in [3.8, 4) is 5.75 Å². The molecule has 2 aromatic rings. The average Bonchev–Trinajstić information content (AvgIpc) is 2.56. The number of morpholine rings is 1. The van der Waals surface area contributed by atoms with Crippen LogP contribution in [0.25, 0.3) is 10.9 Å². The summed E-state index contributed by atoms with van der Waals surface area (Å²) >= 11 is 0. The lowest BCUT2D eigenvalue weighted by molar-refractivity contribution is -0.0706. The second-order valence-corrected chi connectivity index (χ2v) is 7.92. The lowest BCUT2D eigenvalue weighted by Crippen LogP contribution is -2.45. The molecule has 0 radical (unpaired) electrons. The Morgan fingerprint density at radius 2 is 1.96 bits per heavy atom. The number of nitrogens with zero attached hydrogens (tertiary/aromatic N) is 1. The average molecular weight is 358 g/mol. The van der Waals surface area contributed by atoms with Crippen LogP contribution in [0, 0.1) is 12.8 Å². The molecule has 1 aliphatic heterocycles. The van der Waals surface area contributed by atoms with Crippen LogP contribution in [0.5, 0.6) is 5.75 Å². The van der Waals surface area contributed by atoms with E-state index in [-0.39, 0.29) is 17.6 Å². The molecular weight excluding hydrogens is 328 g/mol. The number of nitrogens with one attached hydrogen (secondary N) is 1. The Kier molecular flexibility index (Phi) is 5.68. The Bertz CT molecular complexity index is 818. The fraction of sp³-hybridized carbons (Fsp3) is 0.571. The van der Waals surface area contributed by atoms with Crippen molar-refractivity contribution < 1.29 is 9.47 Å². The minimum absolute atomic E-state index is 0.0954. The van der Waals surface area contributed by atoms with E-state index in [2.05, 4.69) is 37.6 Å². The van der Waals surface area contributed by atoms with Gasteiger partial charge in [0.25, 0.3) is 0 Å². The quantitative estimate of drug-likeness (QED) is 0.889. The maximum absolute atomic E-state index is 13.1. The molecule has 142 valence electrons. The van der Waals surface area contributed by atoms with E-state index in [1.807, 2.05) is 25.1 Å². The van der Waals surface area contributed by atoms with E-state index in [1.165, 1.54) is 0 Å². The van der Waals surface area contributed by atoms with Gasteiger partial charge in [0.2, 0.25) is 0 Å². The molecule has 5 nitrogen and oxygen atoms in total. The Balaban J connectivity index is 1.91. The van der Waals surface area contributed by atoms with Crippen LogP contribution in [-0.2, 0) is 11.3 Å². The van der Waals surface area contributed by atoms with Gasteiger partial charge in [-0.15, -0.1) is 0 Å². The Morgan fingerprint density at radius 1 is 1.27 bits per heavy atom. The van der Waals surface area contributed by atoms with Crippen molar-refractivity contribution in [1.82, 2.24) is 9.88 Å². The third kappa shape index (κ3) is 4.27. The molecule has 0 bridgehead atoms. The molecule has 2 atom stereocenters. The summed E-state index contributed by atoms with van der Waals surface area (Å²) in [6, 6.07) is 5.72. The molecule has 1 fully saturated rings. The van der Waals surface area contributed by atoms with Crippen LogP contribution >= 0.6 is 0 Å². The monoisotopic (exact) mass is 358 g/mol. The summed E-state index contributed by atoms with van der Waals surface area (Å²) in [5.74, 6) is 1.20. The highest BCUT2D eigenvalue weighted by atomic mass is 16.5. The van der Waals surface area contributed by atoms with Crippen molar-refractivity contribution in [3.05, 3.63) is 39.7 Å². The van der Waals surface area contributed by atoms with E-state index < -0.39 is 0 Å². The first-order chi connectivity index (χ1) is 12.3. The third-order valence-electron chi connectivity index (χ3n) is 4.74. The van der Waals surface area contributed by atoms with Gasteiger partial charge >= 0.3 is 0 Å². The Labute approximate surface area is 155 Å². The maximum Gasteiger partial charge on any atom is 0.194 e. The molecule has 1 aromatic carbocycles. The number of benzene rings is 1. The van der Waals surface area contributed by atoms with Crippen molar-refractivity contribution in [1.29, 1.82) is 0 Å². The van der Waals surface area contributed by atoms with Crippen molar-refractivity contribution >= 4 is 10.9 Å². The summed E-state index contributed by atoms with van der Waals surface area (Å²) in [6.45, 7) is 13.3. The van der Waals surface area contributed by atoms with Gasteiger partial charge in [0.15, 0.2) is 5.43 Å². The fourth-order valence-corrected chi connectivity index (χ4v) is 3.61. The van der Waals surface area contributed by atoms with Crippen molar-refractivity contribution in [2.45, 2.75) is 53.4 Å². The van der Waals surface area contributed by atoms with Gasteiger partial charge in [-0.1, -0.05) is 13.8 Å². The molecule has 3 rings (SSSR count). The van der Waals surface area contributed by atoms with Crippen LogP contribution in [-0.4, -0.2) is 41.8 Å². The van der Waals surface area contributed by atoms with Crippen LogP contribution in [0.4, 0.5) is 0 Å². The van der Waals surface area contributed by atoms with Gasteiger partial charge in [0.05, 0.1) is 18.8 Å². The molecule has 26 heavy (non-hydrogen) atoms. The molecule has 0 spiro atoms. The minimum Gasteiger partial charge on any atom is -0.493 e. The second kappa shape index (κ2) is 7.80. The minimum atomic E-state index is 0.0954. The number of aromatic amines is 1. The first kappa shape index (κ1) is 18.9. The zero-order valence-corrected chi connectivity index (χ0v) is 16.5. The zero-order valence-electron chi connectivity index (χ0n) is 16.5. The summed E-state index contributed by atoms with van der Waals surface area (Å²) in [5.41, 5.74) is 2.72. The van der Waals surface area contributed by atoms with Gasteiger partial charge in [-0.05, 0) is 44.9 Å². The van der Waals surface area contributed by atoms with E-state index in [4.69, 9.17) is 9.47 Å². The number of H-pyrrole nitrogens is 1. The van der Waals surface area contributed by atoms with E-state index in [0.29, 0.717) is 24.5 Å². The van der Waals surface area contributed by atoms with E-state index >= 15 is 0 Å². The van der Waals surface area contributed by atoms with E-state index in [9.17, 15) is 4.79 Å². The number of aryl methyl sites for hydroxylation is 1. The standard InChI is InChI=1S/C21H30N2O3/c1-13(2)12-25-17-6-7-20-18(8-17)21(24)19(16(5)22-20)11-23-9-14(3)26-15(4)10-23/h6-8,13-15H,9-12H2,1-5H3,(H,22,24)/t14-,15+. The van der Waals surface area contributed by atoms with Gasteiger partial charge in [-0.2, -0.15) is 0 Å². The van der Waals surface area contributed by atoms with Crippen LogP contribution < -0.4 is 10.2 Å². The predicted molar refractivity (Wildman–Crippen MR) is 105 cm³/mol. The summed E-state index contributed by atoms with van der Waals surface area (Å²) in [5, 5.41) is 0.696. The number of hydrogen-bond acceptors (Lipinski definition) is 4. The van der Waals surface area contributed by atoms with Gasteiger partial charge in [0.1, 0.15) is 5.75 Å². The summed E-state index contributed by atoms with van der Waals surface area (Å²) in [4.78, 5) is 18.8. The predicted octanol–water partition coefficient (Wildman–Crippen LogP) is 3.48. The summed E-state index contributed by atoms with van der Waals surface area (Å²) in [6.07, 6.45) is 0.379. The number of pyridine rings is 1. The smallest absolute Gasteiger partial charge is 0.194 e. The number of hydrogen-bond donors (Lipinski definition) is 1. The first-order valence-electron chi connectivity index (χ1n) is 9.49. The molecular formula is C21H30N2O3. The summed E-state index contributed by atoms with van der Waals surface area (Å²) < 4.78 is 11.6. The SMILES string of the molecule is Cc1[nH]c2ccc(OCC(C)C)cc2c(=O)c1CN1C[C@@H](C)O[C@@H](C)C1. The number of aromatic nitrogens is 1. The highest BCUT2D eigenvalue weighted by Gasteiger charge is 2.23. The largest absolute Gasteiger partial charge is 0.493 e. The Hall–Kier alpha value is -1.85. The molecule has 1 N–H and O–H groups in total. The van der Waals surface area contributed by atoms with Crippen LogP contribution in [0.15, 0.2) is 23.0 Å². The van der Waals surface area contributed by atoms with Crippen LogP contribution in [0.2, 0.25) is 0 Å². The van der Waals surface area contributed by atoms with Crippen molar-refractivity contribution in [2.75, 3.05) is 19.7 Å². The molecule has 0 amide bonds. The molecule has 0 aliphatic carbocycles. The first-order valence-corrected chi connectivity index (χ1v) is 9.49.